The van der Waals surface area contributed by atoms with E-state index in [0.29, 0.717) is 52.4 Å². The number of anilines is 1. The van der Waals surface area contributed by atoms with E-state index in [1.165, 1.54) is 25.3 Å². The fraction of sp³-hybridized carbons (Fsp3) is 0.333. The van der Waals surface area contributed by atoms with Crippen molar-refractivity contribution in [1.82, 2.24) is 5.32 Å². The van der Waals surface area contributed by atoms with Gasteiger partial charge in [0.05, 0.1) is 20.1 Å². The number of benzene rings is 2. The van der Waals surface area contributed by atoms with Gasteiger partial charge in [-0.1, -0.05) is 32.0 Å². The second-order valence-electron chi connectivity index (χ2n) is 9.48. The van der Waals surface area contributed by atoms with Crippen LogP contribution in [-0.2, 0) is 9.59 Å². The highest BCUT2D eigenvalue weighted by Gasteiger charge is 2.43. The lowest BCUT2D eigenvalue weighted by Crippen LogP contribution is -2.39. The van der Waals surface area contributed by atoms with Gasteiger partial charge in [-0.3, -0.25) is 9.59 Å². The van der Waals surface area contributed by atoms with Crippen LogP contribution in [0, 0.1) is 11.2 Å². The van der Waals surface area contributed by atoms with Crippen LogP contribution in [0.4, 0.5) is 10.1 Å². The third-order valence-electron chi connectivity index (χ3n) is 6.31. The van der Waals surface area contributed by atoms with Crippen molar-refractivity contribution in [3.05, 3.63) is 76.4 Å². The largest absolute Gasteiger partial charge is 0.493 e. The minimum Gasteiger partial charge on any atom is -0.493 e. The van der Waals surface area contributed by atoms with Gasteiger partial charge in [-0.15, -0.1) is 0 Å². The highest BCUT2D eigenvalue weighted by molar-refractivity contribution is 6.10. The van der Waals surface area contributed by atoms with E-state index in [4.69, 9.17) is 9.47 Å². The zero-order valence-electron chi connectivity index (χ0n) is 20.0. The van der Waals surface area contributed by atoms with Crippen LogP contribution in [0.2, 0.25) is 0 Å². The Hall–Kier alpha value is -3.61. The summed E-state index contributed by atoms with van der Waals surface area (Å²) in [4.78, 5) is 27.1. The third-order valence-corrected chi connectivity index (χ3v) is 6.31. The number of ketones is 1. The minimum absolute atomic E-state index is 0.0165. The second kappa shape index (κ2) is 8.97. The Labute approximate surface area is 198 Å². The summed E-state index contributed by atoms with van der Waals surface area (Å²) in [5.41, 5.74) is 3.17. The molecule has 2 aliphatic rings. The summed E-state index contributed by atoms with van der Waals surface area (Å²) in [6.07, 6.45) is 1.04. The zero-order chi connectivity index (χ0) is 24.6. The van der Waals surface area contributed by atoms with Crippen molar-refractivity contribution in [3.63, 3.8) is 0 Å². The molecule has 2 aromatic rings. The predicted octanol–water partition coefficient (Wildman–Crippen LogP) is 5.09. The number of rotatable bonds is 5. The van der Waals surface area contributed by atoms with Crippen molar-refractivity contribution in [2.75, 3.05) is 19.5 Å². The summed E-state index contributed by atoms with van der Waals surface area (Å²) >= 11 is 0. The lowest BCUT2D eigenvalue weighted by atomic mass is 9.68. The summed E-state index contributed by atoms with van der Waals surface area (Å²) in [6, 6.07) is 11.1. The highest BCUT2D eigenvalue weighted by atomic mass is 19.1. The number of allylic oxidation sites excluding steroid dienone is 3. The first-order valence-corrected chi connectivity index (χ1v) is 11.2. The molecule has 1 aliphatic heterocycles. The maximum atomic E-state index is 13.7. The average molecular weight is 465 g/mol. The van der Waals surface area contributed by atoms with E-state index in [2.05, 4.69) is 24.5 Å². The van der Waals surface area contributed by atoms with E-state index >= 15 is 0 Å². The Morgan fingerprint density at radius 2 is 1.85 bits per heavy atom. The van der Waals surface area contributed by atoms with Crippen LogP contribution >= 0.6 is 0 Å². The van der Waals surface area contributed by atoms with Crippen LogP contribution in [0.3, 0.4) is 0 Å². The average Bonchev–Trinajstić information content (AvgIpc) is 2.76. The molecule has 178 valence electrons. The number of carbonyl (C=O) groups excluding carboxylic acids is 2. The van der Waals surface area contributed by atoms with Gasteiger partial charge in [-0.2, -0.15) is 0 Å². The smallest absolute Gasteiger partial charge is 0.254 e. The highest BCUT2D eigenvalue weighted by Crippen LogP contribution is 2.50. The van der Waals surface area contributed by atoms with Gasteiger partial charge >= 0.3 is 0 Å². The monoisotopic (exact) mass is 464 g/mol. The van der Waals surface area contributed by atoms with Gasteiger partial charge in [0.2, 0.25) is 0 Å². The molecule has 34 heavy (non-hydrogen) atoms. The molecule has 1 atom stereocenters. The summed E-state index contributed by atoms with van der Waals surface area (Å²) < 4.78 is 24.9. The Kier molecular flexibility index (Phi) is 6.21. The van der Waals surface area contributed by atoms with Crippen molar-refractivity contribution < 1.29 is 23.5 Å². The van der Waals surface area contributed by atoms with Gasteiger partial charge in [0.15, 0.2) is 17.3 Å². The number of carbonyl (C=O) groups is 2. The van der Waals surface area contributed by atoms with Crippen molar-refractivity contribution in [2.24, 2.45) is 5.41 Å². The molecule has 1 heterocycles. The molecule has 6 nitrogen and oxygen atoms in total. The number of halogens is 1. The van der Waals surface area contributed by atoms with Crippen molar-refractivity contribution in [1.29, 1.82) is 0 Å². The van der Waals surface area contributed by atoms with E-state index in [1.807, 2.05) is 19.1 Å². The van der Waals surface area contributed by atoms with Gasteiger partial charge < -0.3 is 20.1 Å². The standard InChI is InChI=1S/C27H29FN2O4/c1-15-22(26(32)30-17-9-6-8-16(28)12-17)23(18-10-7-11-21(33-4)25(18)34-5)24-19(29-15)13-27(2,3)14-20(24)31/h6-12,23,29H,13-14H2,1-5H3,(H,30,32)/t23-/m1/s1. The molecule has 0 fully saturated rings. The number of methoxy groups -OCH3 is 2. The number of para-hydroxylation sites is 1. The van der Waals surface area contributed by atoms with E-state index < -0.39 is 17.6 Å². The molecule has 0 saturated carbocycles. The summed E-state index contributed by atoms with van der Waals surface area (Å²) in [5, 5.41) is 6.12. The van der Waals surface area contributed by atoms with Crippen LogP contribution in [-0.4, -0.2) is 25.9 Å². The molecule has 0 aromatic heterocycles. The maximum absolute atomic E-state index is 13.7. The van der Waals surface area contributed by atoms with E-state index in [-0.39, 0.29) is 11.2 Å². The van der Waals surface area contributed by atoms with Crippen molar-refractivity contribution in [3.8, 4) is 11.5 Å². The first-order chi connectivity index (χ1) is 16.1. The molecule has 7 heteroatoms. The van der Waals surface area contributed by atoms with E-state index in [1.54, 1.807) is 19.2 Å². The quantitative estimate of drug-likeness (QED) is 0.645. The summed E-state index contributed by atoms with van der Waals surface area (Å²) in [7, 11) is 3.08. The molecule has 1 amide bonds. The molecule has 2 aromatic carbocycles. The van der Waals surface area contributed by atoms with E-state index in [9.17, 15) is 14.0 Å². The second-order valence-corrected chi connectivity index (χ2v) is 9.48. The Balaban J connectivity index is 1.89. The molecule has 0 bridgehead atoms. The fourth-order valence-corrected chi connectivity index (χ4v) is 4.95. The molecule has 1 aliphatic carbocycles. The van der Waals surface area contributed by atoms with Crippen LogP contribution in [0.15, 0.2) is 65.0 Å². The minimum atomic E-state index is -0.668. The zero-order valence-corrected chi connectivity index (χ0v) is 20.0. The number of hydrogen-bond donors (Lipinski definition) is 2. The van der Waals surface area contributed by atoms with Crippen molar-refractivity contribution in [2.45, 2.75) is 39.5 Å². The van der Waals surface area contributed by atoms with Gasteiger partial charge in [0.1, 0.15) is 5.82 Å². The summed E-state index contributed by atoms with van der Waals surface area (Å²) in [6.45, 7) is 5.93. The van der Waals surface area contributed by atoms with Crippen LogP contribution in [0.25, 0.3) is 0 Å². The molecule has 2 N–H and O–H groups in total. The van der Waals surface area contributed by atoms with Gasteiger partial charge in [0.25, 0.3) is 5.91 Å². The SMILES string of the molecule is COc1cccc([C@@H]2C(C(=O)Nc3cccc(F)c3)=C(C)NC3=C2C(=O)CC(C)(C)C3)c1OC. The molecule has 0 radical (unpaired) electrons. The Morgan fingerprint density at radius 3 is 2.53 bits per heavy atom. The third kappa shape index (κ3) is 4.30. The Morgan fingerprint density at radius 1 is 1.12 bits per heavy atom. The molecule has 4 rings (SSSR count). The van der Waals surface area contributed by atoms with Gasteiger partial charge in [0, 0.05) is 40.2 Å². The van der Waals surface area contributed by atoms with Crippen molar-refractivity contribution >= 4 is 17.4 Å². The first kappa shape index (κ1) is 23.5. The molecular weight excluding hydrogens is 435 g/mol. The van der Waals surface area contributed by atoms with Crippen LogP contribution < -0.4 is 20.1 Å². The van der Waals surface area contributed by atoms with Gasteiger partial charge in [-0.25, -0.2) is 4.39 Å². The topological polar surface area (TPSA) is 76.7 Å². The first-order valence-electron chi connectivity index (χ1n) is 11.2. The number of dihydropyridines is 1. The lowest BCUT2D eigenvalue weighted by molar-refractivity contribution is -0.118. The molecule has 0 saturated heterocycles. The number of hydrogen-bond acceptors (Lipinski definition) is 5. The van der Waals surface area contributed by atoms with E-state index in [0.717, 1.165) is 5.70 Å². The van der Waals surface area contributed by atoms with Crippen LogP contribution in [0.5, 0.6) is 11.5 Å². The molecular formula is C27H29FN2O4. The number of Topliss-reactive ketones (excluding diaryl/α,β-unsaturated/α-hetero) is 1. The predicted molar refractivity (Wildman–Crippen MR) is 128 cm³/mol. The van der Waals surface area contributed by atoms with Gasteiger partial charge in [-0.05, 0) is 43.0 Å². The molecule has 0 spiro atoms. The molecule has 0 unspecified atom stereocenters. The number of ether oxygens (including phenoxy) is 2. The fourth-order valence-electron chi connectivity index (χ4n) is 4.95. The summed E-state index contributed by atoms with van der Waals surface area (Å²) in [5.74, 6) is -0.590. The number of amides is 1. The lowest BCUT2D eigenvalue weighted by Gasteiger charge is -2.40. The number of nitrogens with one attached hydrogen (secondary N) is 2. The Bertz CT molecular complexity index is 1230. The maximum Gasteiger partial charge on any atom is 0.254 e. The van der Waals surface area contributed by atoms with Crippen LogP contribution in [0.1, 0.15) is 45.1 Å². The normalized spacial score (nSPS) is 19.4.